The normalized spacial score (nSPS) is 18.5. The second kappa shape index (κ2) is 4.17. The van der Waals surface area contributed by atoms with Crippen LogP contribution in [0.15, 0.2) is 18.3 Å². The van der Waals surface area contributed by atoms with Gasteiger partial charge in [-0.2, -0.15) is 0 Å². The summed E-state index contributed by atoms with van der Waals surface area (Å²) in [7, 11) is 2.18. The van der Waals surface area contributed by atoms with Crippen LogP contribution in [0.2, 0.25) is 0 Å². The van der Waals surface area contributed by atoms with Crippen LogP contribution in [0.4, 0.5) is 0 Å². The van der Waals surface area contributed by atoms with Crippen LogP contribution in [-0.4, -0.2) is 30.0 Å². The Bertz CT molecular complexity index is 359. The summed E-state index contributed by atoms with van der Waals surface area (Å²) < 4.78 is 0. The molecule has 16 heavy (non-hydrogen) atoms. The molecule has 1 aromatic heterocycles. The van der Waals surface area contributed by atoms with Gasteiger partial charge in [0.2, 0.25) is 0 Å². The molecule has 0 amide bonds. The van der Waals surface area contributed by atoms with Crippen LogP contribution in [0.3, 0.4) is 0 Å². The highest BCUT2D eigenvalue weighted by molar-refractivity contribution is 5.22. The molecule has 0 bridgehead atoms. The van der Waals surface area contributed by atoms with E-state index in [0.717, 1.165) is 5.92 Å². The van der Waals surface area contributed by atoms with Gasteiger partial charge in [0.15, 0.2) is 0 Å². The average Bonchev–Trinajstić information content (AvgIpc) is 2.14. The summed E-state index contributed by atoms with van der Waals surface area (Å²) in [5, 5.41) is 0. The van der Waals surface area contributed by atoms with E-state index in [-0.39, 0.29) is 5.41 Å². The molecule has 1 aliphatic rings. The average molecular weight is 218 g/mol. The number of nitrogens with zero attached hydrogens (tertiary/aromatic N) is 2. The van der Waals surface area contributed by atoms with Gasteiger partial charge in [0.25, 0.3) is 0 Å². The molecule has 0 atom stereocenters. The monoisotopic (exact) mass is 218 g/mol. The third kappa shape index (κ3) is 2.62. The van der Waals surface area contributed by atoms with Crippen molar-refractivity contribution in [2.24, 2.45) is 5.92 Å². The molecule has 0 spiro atoms. The van der Waals surface area contributed by atoms with Gasteiger partial charge in [-0.1, -0.05) is 20.8 Å². The van der Waals surface area contributed by atoms with Crippen molar-refractivity contribution in [3.05, 3.63) is 29.6 Å². The number of hydrogen-bond acceptors (Lipinski definition) is 2. The first-order chi connectivity index (χ1) is 7.45. The number of aromatic nitrogens is 1. The van der Waals surface area contributed by atoms with E-state index < -0.39 is 0 Å². The summed E-state index contributed by atoms with van der Waals surface area (Å²) in [4.78, 5) is 6.84. The van der Waals surface area contributed by atoms with Crippen LogP contribution in [0.25, 0.3) is 0 Å². The molecule has 2 nitrogen and oxygen atoms in total. The molecule has 1 saturated heterocycles. The highest BCUT2D eigenvalue weighted by atomic mass is 15.2. The van der Waals surface area contributed by atoms with E-state index >= 15 is 0 Å². The molecule has 0 aromatic carbocycles. The van der Waals surface area contributed by atoms with Crippen molar-refractivity contribution < 1.29 is 0 Å². The molecule has 0 N–H and O–H groups in total. The summed E-state index contributed by atoms with van der Waals surface area (Å²) in [5.74, 6) is 0.847. The second-order valence-corrected chi connectivity index (χ2v) is 6.09. The molecule has 2 heteroatoms. The van der Waals surface area contributed by atoms with E-state index in [1.807, 2.05) is 6.20 Å². The smallest absolute Gasteiger partial charge is 0.0459 e. The maximum absolute atomic E-state index is 4.47. The zero-order valence-electron chi connectivity index (χ0n) is 10.8. The largest absolute Gasteiger partial charge is 0.306 e. The van der Waals surface area contributed by atoms with Crippen LogP contribution in [0, 0.1) is 5.92 Å². The molecule has 1 fully saturated rings. The summed E-state index contributed by atoms with van der Waals surface area (Å²) in [6.45, 7) is 9.14. The van der Waals surface area contributed by atoms with Crippen molar-refractivity contribution in [2.45, 2.75) is 32.6 Å². The standard InChI is InChI=1S/C14H22N2/c1-14(2,3)13-8-11(5-6-15-13)7-12-9-16(4)10-12/h5-6,8,12H,7,9-10H2,1-4H3. The van der Waals surface area contributed by atoms with Crippen LogP contribution >= 0.6 is 0 Å². The second-order valence-electron chi connectivity index (χ2n) is 6.09. The van der Waals surface area contributed by atoms with Crippen molar-refractivity contribution in [3.8, 4) is 0 Å². The van der Waals surface area contributed by atoms with Crippen LogP contribution in [0.5, 0.6) is 0 Å². The zero-order chi connectivity index (χ0) is 11.8. The Morgan fingerprint density at radius 1 is 1.38 bits per heavy atom. The van der Waals surface area contributed by atoms with Gasteiger partial charge in [0, 0.05) is 30.4 Å². The minimum Gasteiger partial charge on any atom is -0.306 e. The topological polar surface area (TPSA) is 16.1 Å². The van der Waals surface area contributed by atoms with E-state index in [9.17, 15) is 0 Å². The first-order valence-corrected chi connectivity index (χ1v) is 6.09. The zero-order valence-corrected chi connectivity index (χ0v) is 10.8. The van der Waals surface area contributed by atoms with Crippen molar-refractivity contribution in [1.82, 2.24) is 9.88 Å². The third-order valence-electron chi connectivity index (χ3n) is 3.26. The molecule has 88 valence electrons. The van der Waals surface area contributed by atoms with Gasteiger partial charge in [-0.15, -0.1) is 0 Å². The van der Waals surface area contributed by atoms with E-state index in [1.54, 1.807) is 0 Å². The van der Waals surface area contributed by atoms with Crippen molar-refractivity contribution in [2.75, 3.05) is 20.1 Å². The number of hydrogen-bond donors (Lipinski definition) is 0. The number of rotatable bonds is 2. The quantitative estimate of drug-likeness (QED) is 0.758. The van der Waals surface area contributed by atoms with Crippen LogP contribution < -0.4 is 0 Å². The van der Waals surface area contributed by atoms with E-state index in [4.69, 9.17) is 0 Å². The fourth-order valence-electron chi connectivity index (χ4n) is 2.30. The number of pyridine rings is 1. The first kappa shape index (κ1) is 11.6. The predicted octanol–water partition coefficient (Wildman–Crippen LogP) is 2.48. The summed E-state index contributed by atoms with van der Waals surface area (Å²) in [6.07, 6.45) is 3.16. The predicted molar refractivity (Wildman–Crippen MR) is 67.6 cm³/mol. The highest BCUT2D eigenvalue weighted by Gasteiger charge is 2.23. The van der Waals surface area contributed by atoms with Crippen LogP contribution in [0.1, 0.15) is 32.0 Å². The Morgan fingerprint density at radius 2 is 2.06 bits per heavy atom. The molecule has 0 radical (unpaired) electrons. The molecule has 2 rings (SSSR count). The molecule has 2 heterocycles. The van der Waals surface area contributed by atoms with Gasteiger partial charge in [-0.05, 0) is 37.1 Å². The van der Waals surface area contributed by atoms with E-state index in [1.165, 1.54) is 30.8 Å². The van der Waals surface area contributed by atoms with Gasteiger partial charge in [-0.25, -0.2) is 0 Å². The van der Waals surface area contributed by atoms with Crippen molar-refractivity contribution in [3.63, 3.8) is 0 Å². The van der Waals surface area contributed by atoms with Crippen molar-refractivity contribution in [1.29, 1.82) is 0 Å². The molecule has 1 aliphatic heterocycles. The fraction of sp³-hybridized carbons (Fsp3) is 0.643. The third-order valence-corrected chi connectivity index (χ3v) is 3.26. The Labute approximate surface area is 98.7 Å². The van der Waals surface area contributed by atoms with Gasteiger partial charge in [0.05, 0.1) is 0 Å². The van der Waals surface area contributed by atoms with Gasteiger partial charge in [-0.3, -0.25) is 4.98 Å². The molecular formula is C14H22N2. The minimum atomic E-state index is 0.159. The first-order valence-electron chi connectivity index (χ1n) is 6.09. The summed E-state index contributed by atoms with van der Waals surface area (Å²) in [6, 6.07) is 4.44. The van der Waals surface area contributed by atoms with Gasteiger partial charge < -0.3 is 4.90 Å². The molecular weight excluding hydrogens is 196 g/mol. The molecule has 0 unspecified atom stereocenters. The maximum atomic E-state index is 4.47. The van der Waals surface area contributed by atoms with Crippen LogP contribution in [-0.2, 0) is 11.8 Å². The van der Waals surface area contributed by atoms with E-state index in [2.05, 4.69) is 49.8 Å². The molecule has 0 aliphatic carbocycles. The Hall–Kier alpha value is -0.890. The minimum absolute atomic E-state index is 0.159. The highest BCUT2D eigenvalue weighted by Crippen LogP contribution is 2.23. The SMILES string of the molecule is CN1CC(Cc2ccnc(C(C)(C)C)c2)C1. The lowest BCUT2D eigenvalue weighted by molar-refractivity contribution is 0.134. The maximum Gasteiger partial charge on any atom is 0.0459 e. The number of likely N-dealkylation sites (tertiary alicyclic amines) is 1. The summed E-state index contributed by atoms with van der Waals surface area (Å²) >= 11 is 0. The van der Waals surface area contributed by atoms with Crippen molar-refractivity contribution >= 4 is 0 Å². The lowest BCUT2D eigenvalue weighted by Gasteiger charge is -2.36. The summed E-state index contributed by atoms with van der Waals surface area (Å²) in [5.41, 5.74) is 2.81. The molecule has 1 aromatic rings. The van der Waals surface area contributed by atoms with Gasteiger partial charge in [0.1, 0.15) is 0 Å². The Morgan fingerprint density at radius 3 is 2.62 bits per heavy atom. The lowest BCUT2D eigenvalue weighted by atomic mass is 9.88. The fourth-order valence-corrected chi connectivity index (χ4v) is 2.30. The van der Waals surface area contributed by atoms with E-state index in [0.29, 0.717) is 0 Å². The van der Waals surface area contributed by atoms with Gasteiger partial charge >= 0.3 is 0 Å². The lowest BCUT2D eigenvalue weighted by Crippen LogP contribution is -2.44. The molecule has 0 saturated carbocycles. The Kier molecular flexibility index (Phi) is 3.02. The Balaban J connectivity index is 2.05.